The number of hydrogen-bond acceptors (Lipinski definition) is 3. The van der Waals surface area contributed by atoms with Gasteiger partial charge in [0.1, 0.15) is 0 Å². The van der Waals surface area contributed by atoms with Gasteiger partial charge < -0.3 is 15.9 Å². The highest BCUT2D eigenvalue weighted by atomic mass is 19.1. The van der Waals surface area contributed by atoms with Crippen LogP contribution < -0.4 is 5.73 Å². The van der Waals surface area contributed by atoms with E-state index in [0.29, 0.717) is 12.5 Å². The third kappa shape index (κ3) is 2.18. The van der Waals surface area contributed by atoms with Gasteiger partial charge in [-0.05, 0) is 18.9 Å². The van der Waals surface area contributed by atoms with Crippen LogP contribution in [0, 0.1) is 11.6 Å². The molecule has 0 aliphatic rings. The van der Waals surface area contributed by atoms with E-state index in [1.807, 2.05) is 0 Å². The first kappa shape index (κ1) is 11.7. The van der Waals surface area contributed by atoms with Crippen LogP contribution in [0.2, 0.25) is 0 Å². The van der Waals surface area contributed by atoms with Crippen molar-refractivity contribution in [2.24, 2.45) is 5.73 Å². The van der Waals surface area contributed by atoms with E-state index < -0.39 is 29.1 Å². The van der Waals surface area contributed by atoms with E-state index in [-0.39, 0.29) is 12.1 Å². The van der Waals surface area contributed by atoms with Crippen molar-refractivity contribution in [3.63, 3.8) is 0 Å². The second-order valence-electron chi connectivity index (χ2n) is 3.43. The maximum absolute atomic E-state index is 13.4. The van der Waals surface area contributed by atoms with Crippen LogP contribution in [-0.2, 0) is 0 Å². The summed E-state index contributed by atoms with van der Waals surface area (Å²) in [5.74, 6) is -4.08. The van der Waals surface area contributed by atoms with Gasteiger partial charge in [0.25, 0.3) is 0 Å². The van der Waals surface area contributed by atoms with E-state index in [2.05, 4.69) is 0 Å². The quantitative estimate of drug-likeness (QED) is 0.723. The summed E-state index contributed by atoms with van der Waals surface area (Å²) in [7, 11) is 0. The molecule has 0 aliphatic carbocycles. The van der Waals surface area contributed by atoms with Gasteiger partial charge in [0.05, 0.1) is 0 Å². The van der Waals surface area contributed by atoms with Crippen LogP contribution in [-0.4, -0.2) is 16.8 Å². The van der Waals surface area contributed by atoms with E-state index in [4.69, 9.17) is 15.9 Å². The highest BCUT2D eigenvalue weighted by molar-refractivity contribution is 5.41. The lowest BCUT2D eigenvalue weighted by atomic mass is 9.96. The van der Waals surface area contributed by atoms with Crippen molar-refractivity contribution in [3.05, 3.63) is 23.3 Å². The molecule has 0 saturated carbocycles. The number of phenols is 2. The fraction of sp³-hybridized carbons (Fsp3) is 0.400. The molecule has 84 valence electrons. The molecule has 3 nitrogen and oxygen atoms in total. The van der Waals surface area contributed by atoms with Crippen molar-refractivity contribution in [1.82, 2.24) is 0 Å². The van der Waals surface area contributed by atoms with E-state index >= 15 is 0 Å². The molecule has 0 spiro atoms. The lowest BCUT2D eigenvalue weighted by Crippen LogP contribution is -2.08. The predicted molar refractivity (Wildman–Crippen MR) is 51.8 cm³/mol. The van der Waals surface area contributed by atoms with Gasteiger partial charge in [-0.1, -0.05) is 6.92 Å². The summed E-state index contributed by atoms with van der Waals surface area (Å²) in [4.78, 5) is 0. The van der Waals surface area contributed by atoms with Gasteiger partial charge in [0.15, 0.2) is 23.1 Å². The molecular weight excluding hydrogens is 204 g/mol. The lowest BCUT2D eigenvalue weighted by Gasteiger charge is -2.14. The van der Waals surface area contributed by atoms with Crippen molar-refractivity contribution < 1.29 is 19.0 Å². The Labute approximate surface area is 86.2 Å². The van der Waals surface area contributed by atoms with Gasteiger partial charge in [0, 0.05) is 11.6 Å². The average molecular weight is 217 g/mol. The van der Waals surface area contributed by atoms with Gasteiger partial charge in [-0.3, -0.25) is 0 Å². The number of aromatic hydroxyl groups is 2. The van der Waals surface area contributed by atoms with Crippen LogP contribution in [0.4, 0.5) is 8.78 Å². The van der Waals surface area contributed by atoms with Crippen LogP contribution in [0.5, 0.6) is 11.5 Å². The molecule has 1 aromatic rings. The zero-order valence-electron chi connectivity index (χ0n) is 8.30. The first-order valence-corrected chi connectivity index (χ1v) is 4.59. The SMILES string of the molecule is CC(CCN)c1c(F)c(O)cc(O)c1F. The third-order valence-electron chi connectivity index (χ3n) is 2.29. The summed E-state index contributed by atoms with van der Waals surface area (Å²) in [6.07, 6.45) is 0.372. The molecule has 0 radical (unpaired) electrons. The number of rotatable bonds is 3. The topological polar surface area (TPSA) is 66.5 Å². The van der Waals surface area contributed by atoms with Gasteiger partial charge in [-0.15, -0.1) is 0 Å². The Balaban J connectivity index is 3.26. The van der Waals surface area contributed by atoms with E-state index in [1.165, 1.54) is 0 Å². The number of benzene rings is 1. The molecule has 0 amide bonds. The molecule has 0 saturated heterocycles. The van der Waals surface area contributed by atoms with E-state index in [9.17, 15) is 8.78 Å². The fourth-order valence-electron chi connectivity index (χ4n) is 1.46. The Kier molecular flexibility index (Phi) is 3.47. The normalized spacial score (nSPS) is 12.8. The molecule has 15 heavy (non-hydrogen) atoms. The van der Waals surface area contributed by atoms with Gasteiger partial charge >= 0.3 is 0 Å². The Morgan fingerprint density at radius 1 is 1.27 bits per heavy atom. The molecule has 0 bridgehead atoms. The third-order valence-corrected chi connectivity index (χ3v) is 2.29. The molecule has 1 atom stereocenters. The molecule has 0 aliphatic heterocycles. The zero-order valence-corrected chi connectivity index (χ0v) is 8.30. The predicted octanol–water partition coefficient (Wildman–Crippen LogP) is 1.83. The highest BCUT2D eigenvalue weighted by Crippen LogP contribution is 2.35. The van der Waals surface area contributed by atoms with Crippen molar-refractivity contribution in [3.8, 4) is 11.5 Å². The zero-order chi connectivity index (χ0) is 11.6. The van der Waals surface area contributed by atoms with Crippen molar-refractivity contribution in [1.29, 1.82) is 0 Å². The first-order chi connectivity index (χ1) is 6.99. The summed E-state index contributed by atoms with van der Waals surface area (Å²) in [6, 6.07) is 0.642. The summed E-state index contributed by atoms with van der Waals surface area (Å²) in [5, 5.41) is 18.2. The first-order valence-electron chi connectivity index (χ1n) is 4.59. The van der Waals surface area contributed by atoms with Gasteiger partial charge in [0.2, 0.25) is 0 Å². The summed E-state index contributed by atoms with van der Waals surface area (Å²) in [5.41, 5.74) is 4.95. The summed E-state index contributed by atoms with van der Waals surface area (Å²) in [6.45, 7) is 1.85. The lowest BCUT2D eigenvalue weighted by molar-refractivity contribution is 0.384. The number of hydrogen-bond donors (Lipinski definition) is 3. The molecular formula is C10H13F2NO2. The van der Waals surface area contributed by atoms with Crippen molar-refractivity contribution in [2.75, 3.05) is 6.54 Å². The Morgan fingerprint density at radius 2 is 1.73 bits per heavy atom. The highest BCUT2D eigenvalue weighted by Gasteiger charge is 2.22. The minimum Gasteiger partial charge on any atom is -0.505 e. The molecule has 1 unspecified atom stereocenters. The summed E-state index contributed by atoms with van der Waals surface area (Å²) >= 11 is 0. The Bertz CT molecular complexity index is 343. The molecule has 1 rings (SSSR count). The summed E-state index contributed by atoms with van der Waals surface area (Å²) < 4.78 is 26.7. The number of nitrogens with two attached hydrogens (primary N) is 1. The molecule has 4 N–H and O–H groups in total. The standard InChI is InChI=1S/C10H13F2NO2/c1-5(2-3-13)8-9(11)6(14)4-7(15)10(8)12/h4-5,14-15H,2-3,13H2,1H3. The molecule has 1 aromatic carbocycles. The molecule has 5 heteroatoms. The average Bonchev–Trinajstić information content (AvgIpc) is 2.16. The maximum atomic E-state index is 13.4. The smallest absolute Gasteiger partial charge is 0.171 e. The minimum atomic E-state index is -1.04. The van der Waals surface area contributed by atoms with E-state index in [1.54, 1.807) is 6.92 Å². The van der Waals surface area contributed by atoms with Crippen LogP contribution in [0.3, 0.4) is 0 Å². The minimum absolute atomic E-state index is 0.274. The number of phenolic OH excluding ortho intramolecular Hbond substituents is 2. The maximum Gasteiger partial charge on any atom is 0.171 e. The monoisotopic (exact) mass is 217 g/mol. The Morgan fingerprint density at radius 3 is 2.13 bits per heavy atom. The van der Waals surface area contributed by atoms with Gasteiger partial charge in [-0.25, -0.2) is 8.78 Å². The van der Waals surface area contributed by atoms with Crippen LogP contribution in [0.25, 0.3) is 0 Å². The van der Waals surface area contributed by atoms with Gasteiger partial charge in [-0.2, -0.15) is 0 Å². The van der Waals surface area contributed by atoms with Crippen LogP contribution in [0.15, 0.2) is 6.07 Å². The fourth-order valence-corrected chi connectivity index (χ4v) is 1.46. The van der Waals surface area contributed by atoms with E-state index in [0.717, 1.165) is 0 Å². The van der Waals surface area contributed by atoms with Crippen LogP contribution in [0.1, 0.15) is 24.8 Å². The second-order valence-corrected chi connectivity index (χ2v) is 3.43. The number of halogens is 2. The molecule has 0 heterocycles. The van der Waals surface area contributed by atoms with Crippen molar-refractivity contribution >= 4 is 0 Å². The van der Waals surface area contributed by atoms with Crippen LogP contribution >= 0.6 is 0 Å². The molecule has 0 aromatic heterocycles. The second kappa shape index (κ2) is 4.44. The molecule has 0 fully saturated rings. The Hall–Kier alpha value is -1.36. The van der Waals surface area contributed by atoms with Crippen molar-refractivity contribution in [2.45, 2.75) is 19.3 Å². The largest absolute Gasteiger partial charge is 0.505 e.